The average molecular weight is 457 g/mol. The van der Waals surface area contributed by atoms with Crippen LogP contribution in [0.15, 0.2) is 42.9 Å². The predicted octanol–water partition coefficient (Wildman–Crippen LogP) is -0.801. The van der Waals surface area contributed by atoms with Gasteiger partial charge in [0.1, 0.15) is 12.1 Å². The number of H-pyrrole nitrogens is 1. The third-order valence-corrected chi connectivity index (χ3v) is 5.52. The summed E-state index contributed by atoms with van der Waals surface area (Å²) < 4.78 is 0. The van der Waals surface area contributed by atoms with Crippen LogP contribution in [0.3, 0.4) is 0 Å². The summed E-state index contributed by atoms with van der Waals surface area (Å²) in [4.78, 5) is 57.3. The summed E-state index contributed by atoms with van der Waals surface area (Å²) in [5.41, 5.74) is 7.54. The largest absolute Gasteiger partial charge is 0.480 e. The number of aliphatic carboxylic acids is 1. The summed E-state index contributed by atoms with van der Waals surface area (Å²) >= 11 is 0. The van der Waals surface area contributed by atoms with Crippen LogP contribution >= 0.6 is 0 Å². The molecular weight excluding hydrogens is 428 g/mol. The summed E-state index contributed by atoms with van der Waals surface area (Å²) in [6, 6.07) is 6.52. The van der Waals surface area contributed by atoms with E-state index >= 15 is 0 Å². The van der Waals surface area contributed by atoms with E-state index in [9.17, 15) is 24.3 Å². The zero-order chi connectivity index (χ0) is 23.8. The number of rotatable bonds is 10. The molecule has 1 aromatic heterocycles. The standard InChI is InChI=1S/C22H28N6O5/c23-16(9-14-5-2-1-3-6-14)20(30)27-17(10-15-11-24-13-26-15)21(31)25-12-19(29)28-8-4-7-18(28)22(32)33/h1-3,5-6,11,13,16-18H,4,7-10,12,23H2,(H,24,26)(H,25,31)(H,27,30)(H,32,33). The van der Waals surface area contributed by atoms with Crippen molar-refractivity contribution in [1.29, 1.82) is 0 Å². The van der Waals surface area contributed by atoms with Gasteiger partial charge in [-0.15, -0.1) is 0 Å². The van der Waals surface area contributed by atoms with Gasteiger partial charge in [0.2, 0.25) is 17.7 Å². The molecule has 3 unspecified atom stereocenters. The van der Waals surface area contributed by atoms with Gasteiger partial charge in [-0.25, -0.2) is 9.78 Å². The smallest absolute Gasteiger partial charge is 0.326 e. The van der Waals surface area contributed by atoms with Crippen molar-refractivity contribution in [3.8, 4) is 0 Å². The summed E-state index contributed by atoms with van der Waals surface area (Å²) in [7, 11) is 0. The van der Waals surface area contributed by atoms with Gasteiger partial charge >= 0.3 is 5.97 Å². The second-order valence-corrected chi connectivity index (χ2v) is 7.94. The molecule has 0 aliphatic carbocycles. The molecule has 3 rings (SSSR count). The summed E-state index contributed by atoms with van der Waals surface area (Å²) in [5, 5.41) is 14.4. The van der Waals surface area contributed by atoms with Crippen LogP contribution in [0.4, 0.5) is 0 Å². The van der Waals surface area contributed by atoms with Gasteiger partial charge in [0, 0.05) is 24.9 Å². The number of carbonyl (C=O) groups excluding carboxylic acids is 3. The number of carboxylic acids is 1. The van der Waals surface area contributed by atoms with Crippen LogP contribution in [0, 0.1) is 0 Å². The number of likely N-dealkylation sites (tertiary alicyclic amines) is 1. The topological polar surface area (TPSA) is 171 Å². The average Bonchev–Trinajstić information content (AvgIpc) is 3.49. The Labute approximate surface area is 190 Å². The van der Waals surface area contributed by atoms with E-state index < -0.39 is 41.8 Å². The van der Waals surface area contributed by atoms with E-state index in [0.29, 0.717) is 31.5 Å². The zero-order valence-electron chi connectivity index (χ0n) is 18.1. The van der Waals surface area contributed by atoms with Gasteiger partial charge in [-0.3, -0.25) is 14.4 Å². The normalized spacial score (nSPS) is 17.2. The molecule has 2 aromatic rings. The fourth-order valence-electron chi connectivity index (χ4n) is 3.77. The van der Waals surface area contributed by atoms with Crippen LogP contribution in [0.25, 0.3) is 0 Å². The molecule has 0 radical (unpaired) electrons. The third-order valence-electron chi connectivity index (χ3n) is 5.52. The quantitative estimate of drug-likeness (QED) is 0.311. The monoisotopic (exact) mass is 456 g/mol. The molecule has 0 spiro atoms. The molecule has 1 aliphatic rings. The molecule has 0 saturated carbocycles. The number of nitrogens with two attached hydrogens (primary N) is 1. The lowest BCUT2D eigenvalue weighted by Gasteiger charge is -2.23. The first-order valence-electron chi connectivity index (χ1n) is 10.7. The molecule has 33 heavy (non-hydrogen) atoms. The highest BCUT2D eigenvalue weighted by Crippen LogP contribution is 2.17. The van der Waals surface area contributed by atoms with Gasteiger partial charge in [0.15, 0.2) is 0 Å². The first-order chi connectivity index (χ1) is 15.8. The molecule has 6 N–H and O–H groups in total. The molecule has 176 valence electrons. The number of benzene rings is 1. The van der Waals surface area contributed by atoms with Crippen molar-refractivity contribution in [2.45, 2.75) is 43.8 Å². The highest BCUT2D eigenvalue weighted by Gasteiger charge is 2.34. The Morgan fingerprint density at radius 2 is 1.94 bits per heavy atom. The Kier molecular flexibility index (Phi) is 8.14. The molecule has 11 heteroatoms. The van der Waals surface area contributed by atoms with Crippen LogP contribution < -0.4 is 16.4 Å². The molecule has 11 nitrogen and oxygen atoms in total. The van der Waals surface area contributed by atoms with Crippen LogP contribution in [-0.4, -0.2) is 74.9 Å². The van der Waals surface area contributed by atoms with Crippen molar-refractivity contribution < 1.29 is 24.3 Å². The highest BCUT2D eigenvalue weighted by atomic mass is 16.4. The van der Waals surface area contributed by atoms with Crippen LogP contribution in [0.5, 0.6) is 0 Å². The number of carbonyl (C=O) groups is 4. The molecule has 1 fully saturated rings. The molecule has 3 atom stereocenters. The van der Waals surface area contributed by atoms with Crippen molar-refractivity contribution >= 4 is 23.7 Å². The van der Waals surface area contributed by atoms with Crippen molar-refractivity contribution in [2.75, 3.05) is 13.1 Å². The van der Waals surface area contributed by atoms with Gasteiger partial charge in [-0.2, -0.15) is 0 Å². The lowest BCUT2D eigenvalue weighted by molar-refractivity contribution is -0.148. The predicted molar refractivity (Wildman–Crippen MR) is 118 cm³/mol. The molecule has 2 heterocycles. The molecule has 0 bridgehead atoms. The lowest BCUT2D eigenvalue weighted by atomic mass is 10.0. The number of nitrogens with zero attached hydrogens (tertiary/aromatic N) is 2. The number of amides is 3. The number of carboxylic acid groups (broad SMARTS) is 1. The Morgan fingerprint density at radius 1 is 1.18 bits per heavy atom. The summed E-state index contributed by atoms with van der Waals surface area (Å²) in [6.45, 7) is -0.0393. The van der Waals surface area contributed by atoms with E-state index in [1.54, 1.807) is 0 Å². The minimum atomic E-state index is -1.07. The Hall–Kier alpha value is -3.73. The van der Waals surface area contributed by atoms with Crippen molar-refractivity contribution in [2.24, 2.45) is 5.73 Å². The summed E-state index contributed by atoms with van der Waals surface area (Å²) in [6.07, 6.45) is 4.38. The van der Waals surface area contributed by atoms with Gasteiger partial charge in [0.25, 0.3) is 0 Å². The van der Waals surface area contributed by atoms with E-state index in [1.807, 2.05) is 30.3 Å². The Bertz CT molecular complexity index is 965. The van der Waals surface area contributed by atoms with E-state index in [-0.39, 0.29) is 13.0 Å². The van der Waals surface area contributed by atoms with E-state index in [2.05, 4.69) is 20.6 Å². The third kappa shape index (κ3) is 6.62. The molecular formula is C22H28N6O5. The van der Waals surface area contributed by atoms with Gasteiger partial charge in [-0.1, -0.05) is 30.3 Å². The van der Waals surface area contributed by atoms with E-state index in [4.69, 9.17) is 5.73 Å². The Balaban J connectivity index is 1.60. The molecule has 1 saturated heterocycles. The lowest BCUT2D eigenvalue weighted by Crippen LogP contribution is -2.54. The molecule has 3 amide bonds. The number of aromatic nitrogens is 2. The van der Waals surface area contributed by atoms with Crippen molar-refractivity contribution in [1.82, 2.24) is 25.5 Å². The first kappa shape index (κ1) is 23.9. The minimum absolute atomic E-state index is 0.116. The maximum atomic E-state index is 12.8. The molecule has 1 aromatic carbocycles. The van der Waals surface area contributed by atoms with E-state index in [0.717, 1.165) is 5.56 Å². The van der Waals surface area contributed by atoms with Crippen LogP contribution in [0.2, 0.25) is 0 Å². The number of nitrogens with one attached hydrogen (secondary N) is 3. The van der Waals surface area contributed by atoms with E-state index in [1.165, 1.54) is 17.4 Å². The highest BCUT2D eigenvalue weighted by molar-refractivity contribution is 5.93. The van der Waals surface area contributed by atoms with Gasteiger partial charge in [-0.05, 0) is 24.8 Å². The van der Waals surface area contributed by atoms with Gasteiger partial charge < -0.3 is 31.4 Å². The fraction of sp³-hybridized carbons (Fsp3) is 0.409. The SMILES string of the molecule is NC(Cc1ccccc1)C(=O)NC(Cc1cnc[nH]1)C(=O)NCC(=O)N1CCCC1C(=O)O. The van der Waals surface area contributed by atoms with Crippen molar-refractivity contribution in [3.63, 3.8) is 0 Å². The Morgan fingerprint density at radius 3 is 2.61 bits per heavy atom. The number of hydrogen-bond donors (Lipinski definition) is 5. The second kappa shape index (κ2) is 11.2. The van der Waals surface area contributed by atoms with Crippen molar-refractivity contribution in [3.05, 3.63) is 54.1 Å². The maximum Gasteiger partial charge on any atom is 0.326 e. The fourth-order valence-corrected chi connectivity index (χ4v) is 3.77. The minimum Gasteiger partial charge on any atom is -0.480 e. The maximum absolute atomic E-state index is 12.8. The van der Waals surface area contributed by atoms with Gasteiger partial charge in [0.05, 0.1) is 18.9 Å². The second-order valence-electron chi connectivity index (χ2n) is 7.94. The zero-order valence-corrected chi connectivity index (χ0v) is 18.1. The van der Waals surface area contributed by atoms with Crippen LogP contribution in [-0.2, 0) is 32.0 Å². The number of aromatic amines is 1. The first-order valence-corrected chi connectivity index (χ1v) is 10.7. The molecule has 1 aliphatic heterocycles. The summed E-state index contributed by atoms with van der Waals surface area (Å²) in [5.74, 6) is -2.63. The van der Waals surface area contributed by atoms with Crippen LogP contribution in [0.1, 0.15) is 24.1 Å². The number of hydrogen-bond acceptors (Lipinski definition) is 6. The number of imidazole rings is 1.